The monoisotopic (exact) mass is 372 g/mol. The van der Waals surface area contributed by atoms with E-state index in [0.717, 1.165) is 6.07 Å². The Morgan fingerprint density at radius 2 is 1.81 bits per heavy atom. The number of rotatable bonds is 5. The molecule has 0 amide bonds. The van der Waals surface area contributed by atoms with Gasteiger partial charge in [0.15, 0.2) is 11.5 Å². The van der Waals surface area contributed by atoms with E-state index in [1.807, 2.05) is 0 Å². The minimum atomic E-state index is -1.25. The highest BCUT2D eigenvalue weighted by atomic mass is 35.5. The molecular weight excluding hydrogens is 359 g/mol. The van der Waals surface area contributed by atoms with Crippen LogP contribution < -0.4 is 10.1 Å². The summed E-state index contributed by atoms with van der Waals surface area (Å²) in [5.74, 6) is -1.26. The van der Waals surface area contributed by atoms with Crippen LogP contribution in [0.25, 0.3) is 11.3 Å². The van der Waals surface area contributed by atoms with E-state index in [0.29, 0.717) is 22.0 Å². The molecule has 0 atom stereocenters. The van der Waals surface area contributed by atoms with E-state index < -0.39 is 11.8 Å². The van der Waals surface area contributed by atoms with Gasteiger partial charge in [-0.2, -0.15) is 0 Å². The average molecular weight is 373 g/mol. The number of hydrogen-bond acceptors (Lipinski definition) is 4. The fourth-order valence-corrected chi connectivity index (χ4v) is 2.48. The van der Waals surface area contributed by atoms with Gasteiger partial charge in [-0.05, 0) is 42.5 Å². The van der Waals surface area contributed by atoms with Crippen LogP contribution in [0.1, 0.15) is 10.5 Å². The Bertz CT molecular complexity index is 944. The Labute approximate surface area is 154 Å². The number of carboxylic acids is 1. The average Bonchev–Trinajstić information content (AvgIpc) is 2.64. The van der Waals surface area contributed by atoms with Gasteiger partial charge in [0.2, 0.25) is 0 Å². The van der Waals surface area contributed by atoms with E-state index in [1.165, 1.54) is 0 Å². The number of hydrogen-bond donors (Lipinski definition) is 2. The second kappa shape index (κ2) is 7.41. The van der Waals surface area contributed by atoms with Gasteiger partial charge in [0.25, 0.3) is 0 Å². The standard InChI is InChI=1S/C19H14ClFN2O3/c1-26-14-8-6-13(7-9-14)22-15-10-16(19(24)25)23-18(17(15)21)11-2-4-12(20)5-3-11/h2-10H,1H3,(H,22,23)(H,24,25). The zero-order valence-electron chi connectivity index (χ0n) is 13.7. The van der Waals surface area contributed by atoms with Crippen molar-refractivity contribution in [1.29, 1.82) is 0 Å². The van der Waals surface area contributed by atoms with Gasteiger partial charge in [-0.25, -0.2) is 14.2 Å². The maximum atomic E-state index is 15.0. The van der Waals surface area contributed by atoms with Crippen molar-refractivity contribution in [2.24, 2.45) is 0 Å². The molecule has 0 aliphatic rings. The van der Waals surface area contributed by atoms with Crippen molar-refractivity contribution < 1.29 is 19.0 Å². The maximum absolute atomic E-state index is 15.0. The van der Waals surface area contributed by atoms with Crippen molar-refractivity contribution in [1.82, 2.24) is 4.98 Å². The van der Waals surface area contributed by atoms with Crippen LogP contribution in [-0.4, -0.2) is 23.2 Å². The molecule has 26 heavy (non-hydrogen) atoms. The summed E-state index contributed by atoms with van der Waals surface area (Å²) in [5, 5.41) is 12.7. The second-order valence-corrected chi connectivity index (χ2v) is 5.82. The van der Waals surface area contributed by atoms with Crippen molar-refractivity contribution in [3.8, 4) is 17.0 Å². The van der Waals surface area contributed by atoms with Gasteiger partial charge >= 0.3 is 5.97 Å². The number of pyridine rings is 1. The molecule has 0 bridgehead atoms. The summed E-state index contributed by atoms with van der Waals surface area (Å²) in [5.41, 5.74) is 0.666. The molecule has 7 heteroatoms. The highest BCUT2D eigenvalue weighted by Crippen LogP contribution is 2.30. The number of benzene rings is 2. The lowest BCUT2D eigenvalue weighted by Gasteiger charge is -2.12. The molecule has 3 rings (SSSR count). The minimum Gasteiger partial charge on any atom is -0.497 e. The van der Waals surface area contributed by atoms with Gasteiger partial charge in [-0.15, -0.1) is 0 Å². The first-order chi connectivity index (χ1) is 12.5. The predicted octanol–water partition coefficient (Wildman–Crippen LogP) is 4.99. The van der Waals surface area contributed by atoms with Crippen LogP contribution in [0.4, 0.5) is 15.8 Å². The lowest BCUT2D eigenvalue weighted by atomic mass is 10.1. The van der Waals surface area contributed by atoms with Crippen molar-refractivity contribution in [3.05, 3.63) is 71.1 Å². The normalized spacial score (nSPS) is 10.4. The van der Waals surface area contributed by atoms with E-state index >= 15 is 0 Å². The second-order valence-electron chi connectivity index (χ2n) is 5.38. The number of methoxy groups -OCH3 is 1. The molecule has 0 aliphatic carbocycles. The number of nitrogens with zero attached hydrogens (tertiary/aromatic N) is 1. The van der Waals surface area contributed by atoms with Gasteiger partial charge in [-0.3, -0.25) is 0 Å². The first-order valence-electron chi connectivity index (χ1n) is 7.59. The zero-order valence-corrected chi connectivity index (χ0v) is 14.4. The molecule has 1 heterocycles. The fourth-order valence-electron chi connectivity index (χ4n) is 2.36. The van der Waals surface area contributed by atoms with Crippen LogP contribution in [0.5, 0.6) is 5.75 Å². The summed E-state index contributed by atoms with van der Waals surface area (Å²) in [7, 11) is 1.54. The van der Waals surface area contributed by atoms with Crippen molar-refractivity contribution in [2.75, 3.05) is 12.4 Å². The molecule has 2 N–H and O–H groups in total. The summed E-state index contributed by atoms with van der Waals surface area (Å²) in [6.45, 7) is 0. The SMILES string of the molecule is COc1ccc(Nc2cc(C(=O)O)nc(-c3ccc(Cl)cc3)c2F)cc1. The molecule has 0 unspecified atom stereocenters. The van der Waals surface area contributed by atoms with Gasteiger partial charge in [0, 0.05) is 16.3 Å². The molecule has 0 fully saturated rings. The van der Waals surface area contributed by atoms with Crippen LogP contribution in [0.15, 0.2) is 54.6 Å². The number of aromatic carboxylic acids is 1. The first kappa shape index (κ1) is 17.7. The van der Waals surface area contributed by atoms with Gasteiger partial charge in [0.1, 0.15) is 11.4 Å². The van der Waals surface area contributed by atoms with Crippen LogP contribution in [-0.2, 0) is 0 Å². The van der Waals surface area contributed by atoms with Crippen LogP contribution in [0.3, 0.4) is 0 Å². The van der Waals surface area contributed by atoms with E-state index in [4.69, 9.17) is 16.3 Å². The molecule has 0 radical (unpaired) electrons. The minimum absolute atomic E-state index is 0.00696. The number of carboxylic acid groups (broad SMARTS) is 1. The number of ether oxygens (including phenoxy) is 1. The van der Waals surface area contributed by atoms with Crippen molar-refractivity contribution in [3.63, 3.8) is 0 Å². The Morgan fingerprint density at radius 3 is 2.38 bits per heavy atom. The molecule has 0 spiro atoms. The Morgan fingerprint density at radius 1 is 1.15 bits per heavy atom. The number of nitrogens with one attached hydrogen (secondary N) is 1. The number of carbonyl (C=O) groups is 1. The predicted molar refractivity (Wildman–Crippen MR) is 97.9 cm³/mol. The summed E-state index contributed by atoms with van der Waals surface area (Å²) in [6.07, 6.45) is 0. The van der Waals surface area contributed by atoms with Crippen molar-refractivity contribution in [2.45, 2.75) is 0 Å². The van der Waals surface area contributed by atoms with Gasteiger partial charge in [-0.1, -0.05) is 23.7 Å². The third kappa shape index (κ3) is 3.75. The smallest absolute Gasteiger partial charge is 0.354 e. The summed E-state index contributed by atoms with van der Waals surface area (Å²) < 4.78 is 20.0. The summed E-state index contributed by atoms with van der Waals surface area (Å²) >= 11 is 5.85. The van der Waals surface area contributed by atoms with E-state index in [2.05, 4.69) is 10.3 Å². The topological polar surface area (TPSA) is 71.5 Å². The number of anilines is 2. The largest absolute Gasteiger partial charge is 0.497 e. The molecular formula is C19H14ClFN2O3. The van der Waals surface area contributed by atoms with Crippen LogP contribution in [0, 0.1) is 5.82 Å². The van der Waals surface area contributed by atoms with Crippen molar-refractivity contribution >= 4 is 28.9 Å². The van der Waals surface area contributed by atoms with E-state index in [-0.39, 0.29) is 17.1 Å². The van der Waals surface area contributed by atoms with E-state index in [9.17, 15) is 14.3 Å². The number of aromatic nitrogens is 1. The third-order valence-corrected chi connectivity index (χ3v) is 3.92. The maximum Gasteiger partial charge on any atom is 0.354 e. The van der Waals surface area contributed by atoms with E-state index in [1.54, 1.807) is 55.6 Å². The Kier molecular flexibility index (Phi) is 5.04. The van der Waals surface area contributed by atoms with Crippen LogP contribution >= 0.6 is 11.6 Å². The van der Waals surface area contributed by atoms with Crippen LogP contribution in [0.2, 0.25) is 5.02 Å². The first-order valence-corrected chi connectivity index (χ1v) is 7.96. The lowest BCUT2D eigenvalue weighted by molar-refractivity contribution is 0.0690. The zero-order chi connectivity index (χ0) is 18.7. The highest BCUT2D eigenvalue weighted by molar-refractivity contribution is 6.30. The molecule has 0 saturated heterocycles. The highest BCUT2D eigenvalue weighted by Gasteiger charge is 2.18. The molecule has 0 aliphatic heterocycles. The fraction of sp³-hybridized carbons (Fsp3) is 0.0526. The molecule has 1 aromatic heterocycles. The Balaban J connectivity index is 2.05. The lowest BCUT2D eigenvalue weighted by Crippen LogP contribution is -2.06. The Hall–Kier alpha value is -3.12. The number of halogens is 2. The molecule has 2 aromatic carbocycles. The molecule has 132 valence electrons. The third-order valence-electron chi connectivity index (χ3n) is 3.66. The van der Waals surface area contributed by atoms with Gasteiger partial charge < -0.3 is 15.2 Å². The molecule has 3 aromatic rings. The molecule has 5 nitrogen and oxygen atoms in total. The van der Waals surface area contributed by atoms with Gasteiger partial charge in [0.05, 0.1) is 12.8 Å². The summed E-state index contributed by atoms with van der Waals surface area (Å²) in [6, 6.07) is 14.3. The molecule has 0 saturated carbocycles. The quantitative estimate of drug-likeness (QED) is 0.660. The summed E-state index contributed by atoms with van der Waals surface area (Å²) in [4.78, 5) is 15.3.